The molecule has 8 heteroatoms. The van der Waals surface area contributed by atoms with Crippen LogP contribution in [0.1, 0.15) is 74.1 Å². The second kappa shape index (κ2) is 14.7. The topological polar surface area (TPSA) is 86.8 Å². The van der Waals surface area contributed by atoms with E-state index >= 15 is 0 Å². The molecule has 0 bridgehead atoms. The van der Waals surface area contributed by atoms with E-state index in [1.807, 2.05) is 73.7 Å². The Labute approximate surface area is 257 Å². The molecule has 1 saturated carbocycles. The number of hydrogen-bond acceptors (Lipinski definition) is 4. The summed E-state index contributed by atoms with van der Waals surface area (Å²) in [6, 6.07) is 24.0. The van der Waals surface area contributed by atoms with Crippen molar-refractivity contribution < 1.29 is 18.0 Å². The van der Waals surface area contributed by atoms with Crippen LogP contribution >= 0.6 is 0 Å². The first kappa shape index (κ1) is 32.3. The molecule has 43 heavy (non-hydrogen) atoms. The minimum atomic E-state index is -3.80. The van der Waals surface area contributed by atoms with Crippen molar-refractivity contribution in [2.75, 3.05) is 17.1 Å². The van der Waals surface area contributed by atoms with Crippen LogP contribution in [0.2, 0.25) is 0 Å². The summed E-state index contributed by atoms with van der Waals surface area (Å²) in [6.45, 7) is 5.90. The summed E-state index contributed by atoms with van der Waals surface area (Å²) < 4.78 is 27.2. The Morgan fingerprint density at radius 1 is 0.884 bits per heavy atom. The quantitative estimate of drug-likeness (QED) is 0.276. The van der Waals surface area contributed by atoms with Crippen molar-refractivity contribution in [2.45, 2.75) is 83.8 Å². The second-order valence-corrected chi connectivity index (χ2v) is 14.0. The van der Waals surface area contributed by atoms with E-state index in [2.05, 4.69) is 19.2 Å². The van der Waals surface area contributed by atoms with Gasteiger partial charge in [-0.05, 0) is 54.5 Å². The zero-order chi connectivity index (χ0) is 31.0. The fourth-order valence-electron chi connectivity index (χ4n) is 5.74. The lowest BCUT2D eigenvalue weighted by Crippen LogP contribution is -2.55. The van der Waals surface area contributed by atoms with Gasteiger partial charge in [-0.25, -0.2) is 8.42 Å². The normalized spacial score (nSPS) is 14.7. The number of anilines is 1. The molecule has 3 aromatic carbocycles. The van der Waals surface area contributed by atoms with Gasteiger partial charge in [0.15, 0.2) is 0 Å². The van der Waals surface area contributed by atoms with E-state index in [0.717, 1.165) is 64.9 Å². The molecule has 1 fully saturated rings. The summed E-state index contributed by atoms with van der Waals surface area (Å²) in [4.78, 5) is 29.9. The van der Waals surface area contributed by atoms with Crippen molar-refractivity contribution in [1.82, 2.24) is 10.2 Å². The van der Waals surface area contributed by atoms with E-state index < -0.39 is 28.5 Å². The number of benzene rings is 3. The molecule has 0 aromatic heterocycles. The number of aryl methyl sites for hydroxylation is 1. The Morgan fingerprint density at radius 3 is 2.14 bits per heavy atom. The molecule has 1 N–H and O–H groups in total. The minimum absolute atomic E-state index is 0.0717. The van der Waals surface area contributed by atoms with E-state index in [9.17, 15) is 18.0 Å². The number of sulfonamides is 1. The molecule has 1 atom stereocenters. The molecular formula is C35H45N3O4S. The summed E-state index contributed by atoms with van der Waals surface area (Å²) in [5.41, 5.74) is 4.34. The van der Waals surface area contributed by atoms with Crippen LogP contribution in [0.3, 0.4) is 0 Å². The van der Waals surface area contributed by atoms with Gasteiger partial charge in [0, 0.05) is 19.0 Å². The Hall–Kier alpha value is -3.65. The Kier molecular flexibility index (Phi) is 11.0. The van der Waals surface area contributed by atoms with Crippen LogP contribution in [0.15, 0.2) is 78.9 Å². The highest BCUT2D eigenvalue weighted by Gasteiger charge is 2.34. The van der Waals surface area contributed by atoms with Crippen molar-refractivity contribution in [3.8, 4) is 0 Å². The summed E-state index contributed by atoms with van der Waals surface area (Å²) in [5, 5.41) is 3.24. The molecule has 230 valence electrons. The zero-order valence-corrected chi connectivity index (χ0v) is 26.6. The van der Waals surface area contributed by atoms with Gasteiger partial charge in [-0.1, -0.05) is 105 Å². The maximum absolute atomic E-state index is 14.3. The van der Waals surface area contributed by atoms with Crippen molar-refractivity contribution in [3.05, 3.63) is 101 Å². The molecule has 3 aromatic rings. The molecule has 7 nitrogen and oxygen atoms in total. The van der Waals surface area contributed by atoms with Gasteiger partial charge in [-0.2, -0.15) is 0 Å². The fraction of sp³-hybridized carbons (Fsp3) is 0.429. The zero-order valence-electron chi connectivity index (χ0n) is 25.8. The number of nitrogens with one attached hydrogen (secondary N) is 1. The van der Waals surface area contributed by atoms with Crippen LogP contribution in [0.4, 0.5) is 5.69 Å². The Bertz CT molecular complexity index is 1470. The van der Waals surface area contributed by atoms with Gasteiger partial charge >= 0.3 is 0 Å². The average molecular weight is 604 g/mol. The van der Waals surface area contributed by atoms with Crippen LogP contribution in [-0.4, -0.2) is 50.0 Å². The maximum Gasteiger partial charge on any atom is 0.244 e. The van der Waals surface area contributed by atoms with Crippen molar-refractivity contribution >= 4 is 27.5 Å². The molecule has 1 aliphatic carbocycles. The lowest BCUT2D eigenvalue weighted by atomic mass is 9.94. The van der Waals surface area contributed by atoms with Crippen molar-refractivity contribution in [3.63, 3.8) is 0 Å². The number of nitrogens with zero attached hydrogens (tertiary/aromatic N) is 2. The lowest BCUT2D eigenvalue weighted by Gasteiger charge is -2.35. The van der Waals surface area contributed by atoms with Gasteiger partial charge in [0.1, 0.15) is 12.6 Å². The summed E-state index contributed by atoms with van der Waals surface area (Å²) in [7, 11) is -3.80. The SMILES string of the molecule is Cc1cccc(CN(C(=O)CN(c2ccc(C(C)C)cc2)S(C)(=O)=O)[C@H](Cc2ccccc2)C(=O)NC2CCCCC2)c1. The number of carbonyl (C=O) groups is 2. The molecule has 0 saturated heterocycles. The molecule has 0 unspecified atom stereocenters. The first-order valence-electron chi connectivity index (χ1n) is 15.3. The predicted octanol–water partition coefficient (Wildman–Crippen LogP) is 5.97. The highest BCUT2D eigenvalue weighted by molar-refractivity contribution is 7.92. The average Bonchev–Trinajstić information content (AvgIpc) is 2.98. The van der Waals surface area contributed by atoms with Gasteiger partial charge in [-0.15, -0.1) is 0 Å². The molecule has 0 radical (unpaired) electrons. The number of amides is 2. The predicted molar refractivity (Wildman–Crippen MR) is 173 cm³/mol. The van der Waals surface area contributed by atoms with Gasteiger partial charge in [0.05, 0.1) is 11.9 Å². The summed E-state index contributed by atoms with van der Waals surface area (Å²) >= 11 is 0. The Balaban J connectivity index is 1.71. The summed E-state index contributed by atoms with van der Waals surface area (Å²) in [5.74, 6) is -0.350. The maximum atomic E-state index is 14.3. The molecule has 0 spiro atoms. The number of carbonyl (C=O) groups excluding carboxylic acids is 2. The Morgan fingerprint density at radius 2 is 1.53 bits per heavy atom. The first-order valence-corrected chi connectivity index (χ1v) is 17.1. The third-order valence-electron chi connectivity index (χ3n) is 8.18. The highest BCUT2D eigenvalue weighted by atomic mass is 32.2. The lowest BCUT2D eigenvalue weighted by molar-refractivity contribution is -0.140. The fourth-order valence-corrected chi connectivity index (χ4v) is 6.59. The molecule has 2 amide bonds. The standard InChI is InChI=1S/C35H45N3O4S/c1-26(2)30-18-20-32(21-19-30)38(43(4,41)42)25-34(39)37(24-29-15-11-12-27(3)22-29)33(23-28-13-7-5-8-14-28)35(40)36-31-16-9-6-10-17-31/h5,7-8,11-15,18-22,26,31,33H,6,9-10,16-17,23-25H2,1-4H3,(H,36,40)/t33-/m1/s1. The van der Waals surface area contributed by atoms with E-state index in [4.69, 9.17) is 0 Å². The van der Waals surface area contributed by atoms with Gasteiger partial charge < -0.3 is 10.2 Å². The minimum Gasteiger partial charge on any atom is -0.352 e. The third-order valence-corrected chi connectivity index (χ3v) is 9.33. The van der Waals surface area contributed by atoms with E-state index in [1.54, 1.807) is 17.0 Å². The van der Waals surface area contributed by atoms with Crippen molar-refractivity contribution in [1.29, 1.82) is 0 Å². The summed E-state index contributed by atoms with van der Waals surface area (Å²) in [6.07, 6.45) is 6.57. The molecule has 1 aliphatic rings. The van der Waals surface area contributed by atoms with E-state index in [0.29, 0.717) is 12.1 Å². The van der Waals surface area contributed by atoms with Gasteiger partial charge in [-0.3, -0.25) is 13.9 Å². The van der Waals surface area contributed by atoms with Crippen LogP contribution in [0.5, 0.6) is 0 Å². The molecule has 0 aliphatic heterocycles. The number of rotatable bonds is 12. The van der Waals surface area contributed by atoms with Crippen molar-refractivity contribution in [2.24, 2.45) is 0 Å². The molecular weight excluding hydrogens is 558 g/mol. The molecule has 0 heterocycles. The largest absolute Gasteiger partial charge is 0.352 e. The number of hydrogen-bond donors (Lipinski definition) is 1. The van der Waals surface area contributed by atoms with Crippen LogP contribution in [0.25, 0.3) is 0 Å². The third kappa shape index (κ3) is 9.17. The molecule has 4 rings (SSSR count). The van der Waals surface area contributed by atoms with Crippen LogP contribution in [-0.2, 0) is 32.6 Å². The van der Waals surface area contributed by atoms with Gasteiger partial charge in [0.2, 0.25) is 21.8 Å². The monoisotopic (exact) mass is 603 g/mol. The first-order chi connectivity index (χ1) is 20.5. The second-order valence-electron chi connectivity index (χ2n) is 12.1. The van der Waals surface area contributed by atoms with Crippen LogP contribution in [0, 0.1) is 6.92 Å². The smallest absolute Gasteiger partial charge is 0.244 e. The van der Waals surface area contributed by atoms with Gasteiger partial charge in [0.25, 0.3) is 0 Å². The highest BCUT2D eigenvalue weighted by Crippen LogP contribution is 2.24. The van der Waals surface area contributed by atoms with E-state index in [-0.39, 0.29) is 24.4 Å². The van der Waals surface area contributed by atoms with Crippen LogP contribution < -0.4 is 9.62 Å². The van der Waals surface area contributed by atoms with E-state index in [1.165, 1.54) is 0 Å².